The second kappa shape index (κ2) is 8.18. The van der Waals surface area contributed by atoms with Gasteiger partial charge in [0.05, 0.1) is 6.04 Å². The molecule has 0 unspecified atom stereocenters. The van der Waals surface area contributed by atoms with E-state index < -0.39 is 0 Å². The molecule has 0 radical (unpaired) electrons. The Bertz CT molecular complexity index is 961. The third-order valence-electron chi connectivity index (χ3n) is 6.53. The van der Waals surface area contributed by atoms with Crippen LogP contribution in [0, 0.1) is 13.8 Å². The standard InChI is InChI=1S/C21H30N6O2/c1-14-12-15(2)24-20(23-14)16-8-10-26(11-9-16)17-4-6-18(7-5-17)27-21(29)25(3)19(28)13-22-27/h12-13,16-18H,4-11H2,1-3H3. The Labute approximate surface area is 170 Å². The van der Waals surface area contributed by atoms with Gasteiger partial charge in [0.25, 0.3) is 5.56 Å². The molecular formula is C21H30N6O2. The fourth-order valence-corrected chi connectivity index (χ4v) is 4.87. The summed E-state index contributed by atoms with van der Waals surface area (Å²) in [5, 5.41) is 4.10. The highest BCUT2D eigenvalue weighted by Crippen LogP contribution is 2.33. The number of aryl methyl sites for hydroxylation is 2. The molecule has 156 valence electrons. The summed E-state index contributed by atoms with van der Waals surface area (Å²) in [6, 6.07) is 2.68. The Morgan fingerprint density at radius 2 is 1.48 bits per heavy atom. The van der Waals surface area contributed by atoms with Crippen molar-refractivity contribution >= 4 is 0 Å². The molecule has 0 spiro atoms. The zero-order chi connectivity index (χ0) is 20.5. The van der Waals surface area contributed by atoms with Gasteiger partial charge in [-0.15, -0.1) is 0 Å². The van der Waals surface area contributed by atoms with Gasteiger partial charge in [0, 0.05) is 30.4 Å². The normalized spacial score (nSPS) is 24.0. The number of hydrogen-bond donors (Lipinski definition) is 0. The van der Waals surface area contributed by atoms with E-state index in [1.165, 1.54) is 17.9 Å². The zero-order valence-corrected chi connectivity index (χ0v) is 17.5. The van der Waals surface area contributed by atoms with Crippen LogP contribution in [0.3, 0.4) is 0 Å². The molecule has 2 aliphatic rings. The van der Waals surface area contributed by atoms with E-state index in [4.69, 9.17) is 0 Å². The summed E-state index contributed by atoms with van der Waals surface area (Å²) in [5.41, 5.74) is 1.44. The monoisotopic (exact) mass is 398 g/mol. The van der Waals surface area contributed by atoms with Gasteiger partial charge >= 0.3 is 5.69 Å². The maximum Gasteiger partial charge on any atom is 0.347 e. The second-order valence-corrected chi connectivity index (χ2v) is 8.55. The number of aromatic nitrogens is 5. The van der Waals surface area contributed by atoms with Crippen LogP contribution in [-0.4, -0.2) is 48.3 Å². The van der Waals surface area contributed by atoms with Crippen molar-refractivity contribution in [3.05, 3.63) is 50.3 Å². The molecule has 1 saturated carbocycles. The first-order chi connectivity index (χ1) is 13.9. The van der Waals surface area contributed by atoms with E-state index in [0.29, 0.717) is 12.0 Å². The van der Waals surface area contributed by atoms with Crippen LogP contribution in [0.15, 0.2) is 21.9 Å². The minimum Gasteiger partial charge on any atom is -0.300 e. The van der Waals surface area contributed by atoms with Crippen LogP contribution in [0.2, 0.25) is 0 Å². The van der Waals surface area contributed by atoms with Gasteiger partial charge in [-0.2, -0.15) is 5.10 Å². The molecule has 0 aromatic carbocycles. The van der Waals surface area contributed by atoms with Gasteiger partial charge in [-0.1, -0.05) is 0 Å². The van der Waals surface area contributed by atoms with Crippen molar-refractivity contribution in [2.24, 2.45) is 7.05 Å². The van der Waals surface area contributed by atoms with Gasteiger partial charge in [0.2, 0.25) is 0 Å². The first kappa shape index (κ1) is 19.9. The molecule has 0 N–H and O–H groups in total. The third kappa shape index (κ3) is 4.17. The molecule has 2 aromatic rings. The van der Waals surface area contributed by atoms with Crippen LogP contribution >= 0.6 is 0 Å². The lowest BCUT2D eigenvalue weighted by Crippen LogP contribution is -2.45. The fraction of sp³-hybridized carbons (Fsp3) is 0.667. The molecule has 0 atom stereocenters. The fourth-order valence-electron chi connectivity index (χ4n) is 4.87. The highest BCUT2D eigenvalue weighted by molar-refractivity contribution is 5.11. The summed E-state index contributed by atoms with van der Waals surface area (Å²) < 4.78 is 2.64. The minimum atomic E-state index is -0.351. The van der Waals surface area contributed by atoms with Gasteiger partial charge in [-0.25, -0.2) is 19.4 Å². The van der Waals surface area contributed by atoms with E-state index in [2.05, 4.69) is 20.0 Å². The predicted octanol–water partition coefficient (Wildman–Crippen LogP) is 1.71. The van der Waals surface area contributed by atoms with Crippen molar-refractivity contribution in [3.63, 3.8) is 0 Å². The topological polar surface area (TPSA) is 85.9 Å². The quantitative estimate of drug-likeness (QED) is 0.782. The highest BCUT2D eigenvalue weighted by atomic mass is 16.2. The van der Waals surface area contributed by atoms with Crippen LogP contribution in [0.1, 0.15) is 67.7 Å². The lowest BCUT2D eigenvalue weighted by atomic mass is 9.87. The van der Waals surface area contributed by atoms with Crippen LogP contribution in [-0.2, 0) is 7.05 Å². The number of hydrogen-bond acceptors (Lipinski definition) is 6. The molecule has 29 heavy (non-hydrogen) atoms. The van der Waals surface area contributed by atoms with Crippen molar-refractivity contribution in [2.45, 2.75) is 70.4 Å². The van der Waals surface area contributed by atoms with E-state index in [1.54, 1.807) is 0 Å². The average molecular weight is 399 g/mol. The molecule has 8 nitrogen and oxygen atoms in total. The molecule has 1 saturated heterocycles. The molecule has 2 fully saturated rings. The zero-order valence-electron chi connectivity index (χ0n) is 17.5. The molecule has 1 aliphatic carbocycles. The lowest BCUT2D eigenvalue weighted by molar-refractivity contribution is 0.104. The molecule has 0 bridgehead atoms. The van der Waals surface area contributed by atoms with E-state index in [1.807, 2.05) is 19.9 Å². The van der Waals surface area contributed by atoms with Gasteiger partial charge < -0.3 is 4.90 Å². The molecular weight excluding hydrogens is 368 g/mol. The smallest absolute Gasteiger partial charge is 0.300 e. The van der Waals surface area contributed by atoms with Gasteiger partial charge in [-0.05, 0) is 71.5 Å². The van der Waals surface area contributed by atoms with Crippen molar-refractivity contribution in [1.29, 1.82) is 0 Å². The Balaban J connectivity index is 1.34. The SMILES string of the molecule is Cc1cc(C)nc(C2CCN(C3CCC(n4ncc(=O)n(C)c4=O)CC3)CC2)n1. The first-order valence-electron chi connectivity index (χ1n) is 10.6. The second-order valence-electron chi connectivity index (χ2n) is 8.55. The van der Waals surface area contributed by atoms with Gasteiger partial charge in [0.15, 0.2) is 0 Å². The summed E-state index contributed by atoms with van der Waals surface area (Å²) in [6.07, 6.45) is 7.42. The maximum atomic E-state index is 12.3. The first-order valence-corrected chi connectivity index (χ1v) is 10.6. The highest BCUT2D eigenvalue weighted by Gasteiger charge is 2.31. The summed E-state index contributed by atoms with van der Waals surface area (Å²) in [6.45, 7) is 6.23. The van der Waals surface area contributed by atoms with Crippen molar-refractivity contribution in [2.75, 3.05) is 13.1 Å². The molecule has 4 rings (SSSR count). The van der Waals surface area contributed by atoms with Gasteiger partial charge in [0.1, 0.15) is 12.0 Å². The molecule has 2 aromatic heterocycles. The average Bonchev–Trinajstić information content (AvgIpc) is 2.72. The summed E-state index contributed by atoms with van der Waals surface area (Å²) in [7, 11) is 1.51. The van der Waals surface area contributed by atoms with E-state index in [9.17, 15) is 9.59 Å². The largest absolute Gasteiger partial charge is 0.347 e. The van der Waals surface area contributed by atoms with E-state index in [0.717, 1.165) is 73.4 Å². The van der Waals surface area contributed by atoms with Crippen molar-refractivity contribution in [3.8, 4) is 0 Å². The number of nitrogens with zero attached hydrogens (tertiary/aromatic N) is 6. The van der Waals surface area contributed by atoms with E-state index in [-0.39, 0.29) is 17.3 Å². The Morgan fingerprint density at radius 1 is 0.897 bits per heavy atom. The molecule has 0 amide bonds. The van der Waals surface area contributed by atoms with E-state index >= 15 is 0 Å². The Hall–Kier alpha value is -2.35. The van der Waals surface area contributed by atoms with Crippen molar-refractivity contribution < 1.29 is 0 Å². The third-order valence-corrected chi connectivity index (χ3v) is 6.53. The van der Waals surface area contributed by atoms with Crippen LogP contribution in [0.25, 0.3) is 0 Å². The number of rotatable bonds is 3. The summed E-state index contributed by atoms with van der Waals surface area (Å²) >= 11 is 0. The van der Waals surface area contributed by atoms with Crippen LogP contribution in [0.5, 0.6) is 0 Å². The molecule has 1 aliphatic heterocycles. The predicted molar refractivity (Wildman–Crippen MR) is 110 cm³/mol. The van der Waals surface area contributed by atoms with Crippen molar-refractivity contribution in [1.82, 2.24) is 29.2 Å². The summed E-state index contributed by atoms with van der Waals surface area (Å²) in [4.78, 5) is 35.8. The minimum absolute atomic E-state index is 0.0896. The lowest BCUT2D eigenvalue weighted by Gasteiger charge is -2.40. The summed E-state index contributed by atoms with van der Waals surface area (Å²) in [5.74, 6) is 1.46. The molecule has 8 heteroatoms. The van der Waals surface area contributed by atoms with Crippen LogP contribution < -0.4 is 11.2 Å². The van der Waals surface area contributed by atoms with Crippen LogP contribution in [0.4, 0.5) is 0 Å². The Morgan fingerprint density at radius 3 is 2.10 bits per heavy atom. The molecule has 3 heterocycles. The number of piperidine rings is 1. The van der Waals surface area contributed by atoms with Gasteiger partial charge in [-0.3, -0.25) is 9.36 Å². The number of likely N-dealkylation sites (tertiary alicyclic amines) is 1. The Kier molecular flexibility index (Phi) is 5.63. The maximum absolute atomic E-state index is 12.3.